The van der Waals surface area contributed by atoms with Gasteiger partial charge in [0.2, 0.25) is 11.8 Å². The van der Waals surface area contributed by atoms with E-state index in [2.05, 4.69) is 5.32 Å². The van der Waals surface area contributed by atoms with Crippen molar-refractivity contribution in [3.63, 3.8) is 0 Å². The van der Waals surface area contributed by atoms with Gasteiger partial charge in [0.25, 0.3) is 10.0 Å². The minimum atomic E-state index is -4.11. The number of halogens is 1. The zero-order chi connectivity index (χ0) is 28.7. The van der Waals surface area contributed by atoms with Crippen LogP contribution in [0.1, 0.15) is 43.9 Å². The van der Waals surface area contributed by atoms with Gasteiger partial charge < -0.3 is 10.2 Å². The molecule has 0 unspecified atom stereocenters. The molecule has 0 aromatic heterocycles. The fraction of sp³-hybridized carbons (Fsp3) is 0.333. The fourth-order valence-corrected chi connectivity index (χ4v) is 5.80. The maximum absolute atomic E-state index is 14.0. The Balaban J connectivity index is 2.07. The Morgan fingerprint density at radius 2 is 1.46 bits per heavy atom. The topological polar surface area (TPSA) is 86.8 Å². The summed E-state index contributed by atoms with van der Waals surface area (Å²) in [4.78, 5) is 28.7. The monoisotopic (exact) mass is 569 g/mol. The maximum Gasteiger partial charge on any atom is 0.264 e. The van der Waals surface area contributed by atoms with E-state index in [4.69, 9.17) is 11.6 Å². The Hall–Kier alpha value is -3.36. The van der Waals surface area contributed by atoms with E-state index in [1.54, 1.807) is 60.7 Å². The van der Waals surface area contributed by atoms with Gasteiger partial charge in [-0.2, -0.15) is 0 Å². The van der Waals surface area contributed by atoms with Crippen molar-refractivity contribution < 1.29 is 18.0 Å². The van der Waals surface area contributed by atoms with Crippen LogP contribution in [0.2, 0.25) is 5.02 Å². The van der Waals surface area contributed by atoms with Gasteiger partial charge in [-0.05, 0) is 70.0 Å². The average molecular weight is 570 g/mol. The van der Waals surface area contributed by atoms with Gasteiger partial charge in [-0.3, -0.25) is 13.9 Å². The molecule has 0 heterocycles. The molecule has 1 atom stereocenters. The number of hydrogen-bond acceptors (Lipinski definition) is 4. The molecule has 0 aliphatic carbocycles. The molecular formula is C30H36ClN3O4S. The van der Waals surface area contributed by atoms with E-state index in [0.717, 1.165) is 15.4 Å². The van der Waals surface area contributed by atoms with Crippen molar-refractivity contribution in [1.82, 2.24) is 10.2 Å². The minimum Gasteiger partial charge on any atom is -0.352 e. The average Bonchev–Trinajstić information content (AvgIpc) is 2.88. The van der Waals surface area contributed by atoms with Crippen LogP contribution in [0.3, 0.4) is 0 Å². The molecule has 39 heavy (non-hydrogen) atoms. The number of nitrogens with zero attached hydrogens (tertiary/aromatic N) is 2. The molecule has 0 saturated carbocycles. The van der Waals surface area contributed by atoms with Gasteiger partial charge >= 0.3 is 0 Å². The van der Waals surface area contributed by atoms with E-state index in [-0.39, 0.29) is 23.4 Å². The first kappa shape index (κ1) is 30.2. The van der Waals surface area contributed by atoms with E-state index in [1.807, 2.05) is 34.6 Å². The zero-order valence-electron chi connectivity index (χ0n) is 23.0. The highest BCUT2D eigenvalue weighted by Crippen LogP contribution is 2.26. The Morgan fingerprint density at radius 3 is 2.00 bits per heavy atom. The number of rotatable bonds is 11. The summed E-state index contributed by atoms with van der Waals surface area (Å²) in [5.74, 6) is -0.826. The molecule has 0 saturated heterocycles. The normalized spacial score (nSPS) is 12.2. The first-order valence-corrected chi connectivity index (χ1v) is 14.7. The van der Waals surface area contributed by atoms with Crippen LogP contribution in [-0.4, -0.2) is 43.8 Å². The van der Waals surface area contributed by atoms with Crippen molar-refractivity contribution in [2.45, 2.75) is 64.6 Å². The van der Waals surface area contributed by atoms with Crippen molar-refractivity contribution in [1.29, 1.82) is 0 Å². The predicted octanol–water partition coefficient (Wildman–Crippen LogP) is 5.48. The smallest absolute Gasteiger partial charge is 0.264 e. The second-order valence-corrected chi connectivity index (χ2v) is 12.1. The van der Waals surface area contributed by atoms with Crippen LogP contribution in [0.4, 0.5) is 5.69 Å². The molecule has 0 fully saturated rings. The lowest BCUT2D eigenvalue weighted by Crippen LogP contribution is -2.53. The first-order valence-electron chi connectivity index (χ1n) is 12.9. The molecule has 7 nitrogen and oxygen atoms in total. The summed E-state index contributed by atoms with van der Waals surface area (Å²) in [6.45, 7) is 8.84. The zero-order valence-corrected chi connectivity index (χ0v) is 24.6. The van der Waals surface area contributed by atoms with Gasteiger partial charge in [0.05, 0.1) is 10.6 Å². The number of sulfonamides is 1. The largest absolute Gasteiger partial charge is 0.352 e. The van der Waals surface area contributed by atoms with Crippen LogP contribution < -0.4 is 9.62 Å². The first-order chi connectivity index (χ1) is 18.4. The third kappa shape index (κ3) is 7.61. The highest BCUT2D eigenvalue weighted by molar-refractivity contribution is 7.92. The number of carbonyl (C=O) groups is 2. The highest BCUT2D eigenvalue weighted by atomic mass is 35.5. The van der Waals surface area contributed by atoms with Gasteiger partial charge in [0.15, 0.2) is 0 Å². The number of nitrogens with one attached hydrogen (secondary N) is 1. The minimum absolute atomic E-state index is 0.0504. The van der Waals surface area contributed by atoms with Crippen LogP contribution in [-0.2, 0) is 26.2 Å². The van der Waals surface area contributed by atoms with E-state index in [1.165, 1.54) is 17.0 Å². The Bertz CT molecular complexity index is 1390. The lowest BCUT2D eigenvalue weighted by Gasteiger charge is -2.33. The molecule has 0 bridgehead atoms. The summed E-state index contributed by atoms with van der Waals surface area (Å²) in [5, 5.41) is 3.34. The van der Waals surface area contributed by atoms with E-state index in [9.17, 15) is 18.0 Å². The summed E-state index contributed by atoms with van der Waals surface area (Å²) >= 11 is 6.42. The van der Waals surface area contributed by atoms with Gasteiger partial charge in [-0.1, -0.05) is 72.1 Å². The Labute approximate surface area is 236 Å². The lowest BCUT2D eigenvalue weighted by atomic mass is 10.1. The summed E-state index contributed by atoms with van der Waals surface area (Å²) in [5.41, 5.74) is 2.88. The standard InChI is InChI=1S/C30H36ClN3O4S/c1-6-28(30(36)32-21(2)3)33(19-24-9-7-8-10-27(24)31)29(35)20-34(25-15-11-22(4)12-16-25)39(37,38)26-17-13-23(5)14-18-26/h7-18,21,28H,6,19-20H2,1-5H3,(H,32,36)/t28-/m0/s1. The van der Waals surface area contributed by atoms with Crippen molar-refractivity contribution in [2.75, 3.05) is 10.8 Å². The van der Waals surface area contributed by atoms with Crippen molar-refractivity contribution in [2.24, 2.45) is 0 Å². The molecule has 3 aromatic carbocycles. The van der Waals surface area contributed by atoms with Crippen LogP contribution >= 0.6 is 11.6 Å². The number of aryl methyl sites for hydroxylation is 2. The van der Waals surface area contributed by atoms with Crippen LogP contribution in [0.5, 0.6) is 0 Å². The molecule has 208 valence electrons. The Morgan fingerprint density at radius 1 is 0.897 bits per heavy atom. The number of benzene rings is 3. The van der Waals surface area contributed by atoms with E-state index < -0.39 is 28.5 Å². The van der Waals surface area contributed by atoms with Crippen LogP contribution in [0, 0.1) is 13.8 Å². The third-order valence-corrected chi connectivity index (χ3v) is 8.48. The molecule has 0 radical (unpaired) electrons. The van der Waals surface area contributed by atoms with Gasteiger partial charge in [-0.25, -0.2) is 8.42 Å². The van der Waals surface area contributed by atoms with Gasteiger partial charge in [-0.15, -0.1) is 0 Å². The van der Waals surface area contributed by atoms with Crippen molar-refractivity contribution in [3.05, 3.63) is 94.5 Å². The number of amides is 2. The molecule has 2 amide bonds. The molecule has 3 aromatic rings. The van der Waals surface area contributed by atoms with Crippen molar-refractivity contribution in [3.8, 4) is 0 Å². The summed E-state index contributed by atoms with van der Waals surface area (Å²) < 4.78 is 28.8. The molecular weight excluding hydrogens is 534 g/mol. The summed E-state index contributed by atoms with van der Waals surface area (Å²) in [7, 11) is -4.11. The van der Waals surface area contributed by atoms with E-state index >= 15 is 0 Å². The Kier molecular flexibility index (Phi) is 10.2. The molecule has 0 aliphatic heterocycles. The van der Waals surface area contributed by atoms with Gasteiger partial charge in [0, 0.05) is 17.6 Å². The fourth-order valence-electron chi connectivity index (χ4n) is 4.19. The molecule has 3 rings (SSSR count). The lowest BCUT2D eigenvalue weighted by molar-refractivity contribution is -0.140. The SMILES string of the molecule is CC[C@@H](C(=O)NC(C)C)N(Cc1ccccc1Cl)C(=O)CN(c1ccc(C)cc1)S(=O)(=O)c1ccc(C)cc1. The van der Waals surface area contributed by atoms with Crippen LogP contribution in [0.15, 0.2) is 77.7 Å². The summed E-state index contributed by atoms with van der Waals surface area (Å²) in [6.07, 6.45) is 0.337. The maximum atomic E-state index is 14.0. The number of anilines is 1. The quantitative estimate of drug-likeness (QED) is 0.331. The molecule has 9 heteroatoms. The van der Waals surface area contributed by atoms with E-state index in [0.29, 0.717) is 22.7 Å². The second kappa shape index (κ2) is 13.1. The number of carbonyl (C=O) groups excluding carboxylic acids is 2. The van der Waals surface area contributed by atoms with Crippen LogP contribution in [0.25, 0.3) is 0 Å². The highest BCUT2D eigenvalue weighted by Gasteiger charge is 2.34. The second-order valence-electron chi connectivity index (χ2n) is 9.86. The molecule has 0 spiro atoms. The van der Waals surface area contributed by atoms with Crippen molar-refractivity contribution >= 4 is 39.1 Å². The van der Waals surface area contributed by atoms with Gasteiger partial charge in [0.1, 0.15) is 12.6 Å². The third-order valence-electron chi connectivity index (χ3n) is 6.33. The molecule has 1 N–H and O–H groups in total. The number of hydrogen-bond donors (Lipinski definition) is 1. The molecule has 0 aliphatic rings. The summed E-state index contributed by atoms with van der Waals surface area (Å²) in [6, 6.07) is 19.6. The predicted molar refractivity (Wildman–Crippen MR) is 156 cm³/mol.